The third kappa shape index (κ3) is 3.44. The number of carbonyl (C=O) groups is 1. The predicted molar refractivity (Wildman–Crippen MR) is 78.1 cm³/mol. The smallest absolute Gasteiger partial charge is 0.255 e. The highest BCUT2D eigenvalue weighted by Crippen LogP contribution is 2.35. The molecule has 1 aliphatic rings. The van der Waals surface area contributed by atoms with E-state index in [2.05, 4.69) is 5.32 Å². The lowest BCUT2D eigenvalue weighted by molar-refractivity contribution is 0.0717. The summed E-state index contributed by atoms with van der Waals surface area (Å²) < 4.78 is 0. The second-order valence-corrected chi connectivity index (χ2v) is 6.00. The SMILES string of the molecule is O=C(NCC1(CO)CCCCC1)c1cc(Cl)ccc1O. The number of nitrogens with one attached hydrogen (secondary N) is 1. The molecule has 0 aromatic heterocycles. The number of phenols is 1. The maximum Gasteiger partial charge on any atom is 0.255 e. The number of carbonyl (C=O) groups excluding carboxylic acids is 1. The van der Waals surface area contributed by atoms with Crippen LogP contribution in [-0.2, 0) is 0 Å². The number of hydrogen-bond donors (Lipinski definition) is 3. The number of aromatic hydroxyl groups is 1. The Morgan fingerprint density at radius 3 is 2.65 bits per heavy atom. The average molecular weight is 298 g/mol. The summed E-state index contributed by atoms with van der Waals surface area (Å²) in [5, 5.41) is 22.5. The van der Waals surface area contributed by atoms with Crippen LogP contribution in [0.25, 0.3) is 0 Å². The number of hydrogen-bond acceptors (Lipinski definition) is 3. The zero-order chi connectivity index (χ0) is 14.6. The molecule has 2 rings (SSSR count). The van der Waals surface area contributed by atoms with Gasteiger partial charge < -0.3 is 15.5 Å². The van der Waals surface area contributed by atoms with Crippen molar-refractivity contribution in [1.82, 2.24) is 5.32 Å². The Balaban J connectivity index is 2.02. The molecule has 1 fully saturated rings. The molecule has 5 heteroatoms. The molecule has 110 valence electrons. The largest absolute Gasteiger partial charge is 0.507 e. The molecule has 0 atom stereocenters. The summed E-state index contributed by atoms with van der Waals surface area (Å²) in [6.45, 7) is 0.503. The topological polar surface area (TPSA) is 69.6 Å². The van der Waals surface area contributed by atoms with Gasteiger partial charge in [0.1, 0.15) is 5.75 Å². The van der Waals surface area contributed by atoms with Gasteiger partial charge in [-0.25, -0.2) is 0 Å². The zero-order valence-electron chi connectivity index (χ0n) is 11.4. The summed E-state index contributed by atoms with van der Waals surface area (Å²) >= 11 is 5.83. The molecule has 0 heterocycles. The Morgan fingerprint density at radius 2 is 2.00 bits per heavy atom. The first-order valence-corrected chi connectivity index (χ1v) is 7.32. The summed E-state index contributed by atoms with van der Waals surface area (Å²) in [7, 11) is 0. The molecule has 1 aromatic carbocycles. The van der Waals surface area contributed by atoms with Gasteiger partial charge in [-0.15, -0.1) is 0 Å². The van der Waals surface area contributed by atoms with Crippen molar-refractivity contribution >= 4 is 17.5 Å². The summed E-state index contributed by atoms with van der Waals surface area (Å²) in [6, 6.07) is 4.38. The maximum absolute atomic E-state index is 12.1. The van der Waals surface area contributed by atoms with E-state index in [0.29, 0.717) is 11.6 Å². The Bertz CT molecular complexity index is 484. The van der Waals surface area contributed by atoms with Gasteiger partial charge in [-0.1, -0.05) is 30.9 Å². The van der Waals surface area contributed by atoms with Gasteiger partial charge in [0, 0.05) is 17.0 Å². The van der Waals surface area contributed by atoms with Crippen molar-refractivity contribution in [2.75, 3.05) is 13.2 Å². The number of halogens is 1. The lowest BCUT2D eigenvalue weighted by Crippen LogP contribution is -2.41. The fourth-order valence-corrected chi connectivity index (χ4v) is 2.92. The van der Waals surface area contributed by atoms with Crippen molar-refractivity contribution in [2.24, 2.45) is 5.41 Å². The van der Waals surface area contributed by atoms with Gasteiger partial charge in [0.2, 0.25) is 0 Å². The number of phenolic OH excluding ortho intramolecular Hbond substituents is 1. The molecule has 0 saturated heterocycles. The lowest BCUT2D eigenvalue weighted by atomic mass is 9.74. The van der Waals surface area contributed by atoms with E-state index in [9.17, 15) is 15.0 Å². The van der Waals surface area contributed by atoms with E-state index in [4.69, 9.17) is 11.6 Å². The van der Waals surface area contributed by atoms with Crippen LogP contribution in [0.4, 0.5) is 0 Å². The van der Waals surface area contributed by atoms with Crippen LogP contribution in [0.15, 0.2) is 18.2 Å². The van der Waals surface area contributed by atoms with Crippen LogP contribution in [0.1, 0.15) is 42.5 Å². The molecular formula is C15H20ClNO3. The molecule has 0 unspecified atom stereocenters. The Morgan fingerprint density at radius 1 is 1.30 bits per heavy atom. The molecule has 1 aliphatic carbocycles. The van der Waals surface area contributed by atoms with Crippen molar-refractivity contribution < 1.29 is 15.0 Å². The predicted octanol–water partition coefficient (Wildman–Crippen LogP) is 2.72. The summed E-state index contributed by atoms with van der Waals surface area (Å²) in [5.41, 5.74) is -0.0522. The fraction of sp³-hybridized carbons (Fsp3) is 0.533. The summed E-state index contributed by atoms with van der Waals surface area (Å²) in [4.78, 5) is 12.1. The van der Waals surface area contributed by atoms with Gasteiger partial charge in [-0.3, -0.25) is 4.79 Å². The van der Waals surface area contributed by atoms with Crippen LogP contribution < -0.4 is 5.32 Å². The minimum atomic E-state index is -0.358. The summed E-state index contributed by atoms with van der Waals surface area (Å²) in [6.07, 6.45) is 5.19. The van der Waals surface area contributed by atoms with E-state index >= 15 is 0 Å². The molecule has 0 radical (unpaired) electrons. The minimum absolute atomic E-state index is 0.0782. The van der Waals surface area contributed by atoms with E-state index in [1.54, 1.807) is 0 Å². The molecule has 0 bridgehead atoms. The van der Waals surface area contributed by atoms with E-state index < -0.39 is 0 Å². The third-order valence-electron chi connectivity index (χ3n) is 4.08. The van der Waals surface area contributed by atoms with Gasteiger partial charge in [-0.05, 0) is 31.0 Å². The molecule has 1 aromatic rings. The van der Waals surface area contributed by atoms with Crippen LogP contribution in [0.5, 0.6) is 5.75 Å². The van der Waals surface area contributed by atoms with Crippen molar-refractivity contribution in [3.63, 3.8) is 0 Å². The molecule has 0 aliphatic heterocycles. The van der Waals surface area contributed by atoms with Crippen molar-refractivity contribution in [1.29, 1.82) is 0 Å². The standard InChI is InChI=1S/C15H20ClNO3/c16-11-4-5-13(19)12(8-11)14(20)17-9-15(10-18)6-2-1-3-7-15/h4-5,8,18-19H,1-3,6-7,9-10H2,(H,17,20). The highest BCUT2D eigenvalue weighted by molar-refractivity contribution is 6.31. The Hall–Kier alpha value is -1.26. The second-order valence-electron chi connectivity index (χ2n) is 5.56. The van der Waals surface area contributed by atoms with E-state index in [-0.39, 0.29) is 29.2 Å². The lowest BCUT2D eigenvalue weighted by Gasteiger charge is -2.35. The second kappa shape index (κ2) is 6.46. The van der Waals surface area contributed by atoms with E-state index in [0.717, 1.165) is 25.7 Å². The van der Waals surface area contributed by atoms with Gasteiger partial charge >= 0.3 is 0 Å². The molecule has 1 saturated carbocycles. The number of amides is 1. The normalized spacial score (nSPS) is 17.7. The van der Waals surface area contributed by atoms with Crippen LogP contribution in [0.2, 0.25) is 5.02 Å². The minimum Gasteiger partial charge on any atom is -0.507 e. The number of benzene rings is 1. The van der Waals surface area contributed by atoms with Gasteiger partial charge in [-0.2, -0.15) is 0 Å². The van der Waals surface area contributed by atoms with Crippen molar-refractivity contribution in [3.8, 4) is 5.75 Å². The average Bonchev–Trinajstić information content (AvgIpc) is 2.48. The van der Waals surface area contributed by atoms with E-state index in [1.807, 2.05) is 0 Å². The first-order valence-electron chi connectivity index (χ1n) is 6.94. The first-order chi connectivity index (χ1) is 9.56. The molecule has 1 amide bonds. The molecule has 3 N–H and O–H groups in total. The van der Waals surface area contributed by atoms with Crippen molar-refractivity contribution in [2.45, 2.75) is 32.1 Å². The number of aliphatic hydroxyl groups excluding tert-OH is 1. The van der Waals surface area contributed by atoms with Gasteiger partial charge in [0.05, 0.1) is 12.2 Å². The zero-order valence-corrected chi connectivity index (χ0v) is 12.1. The Kier molecular flexibility index (Phi) is 4.89. The van der Waals surface area contributed by atoms with Crippen LogP contribution in [0.3, 0.4) is 0 Å². The monoisotopic (exact) mass is 297 g/mol. The third-order valence-corrected chi connectivity index (χ3v) is 4.31. The van der Waals surface area contributed by atoms with Crippen LogP contribution >= 0.6 is 11.6 Å². The number of rotatable bonds is 4. The molecule has 20 heavy (non-hydrogen) atoms. The fourth-order valence-electron chi connectivity index (χ4n) is 2.75. The highest BCUT2D eigenvalue weighted by atomic mass is 35.5. The Labute approximate surface area is 123 Å². The van der Waals surface area contributed by atoms with Gasteiger partial charge in [0.25, 0.3) is 5.91 Å². The summed E-state index contributed by atoms with van der Waals surface area (Å²) in [5.74, 6) is -0.447. The molecule has 0 spiro atoms. The molecular weight excluding hydrogens is 278 g/mol. The maximum atomic E-state index is 12.1. The first kappa shape index (κ1) is 15.1. The van der Waals surface area contributed by atoms with Crippen LogP contribution in [0, 0.1) is 5.41 Å². The highest BCUT2D eigenvalue weighted by Gasteiger charge is 2.32. The van der Waals surface area contributed by atoms with Gasteiger partial charge in [0.15, 0.2) is 0 Å². The quantitative estimate of drug-likeness (QED) is 0.800. The van der Waals surface area contributed by atoms with Crippen molar-refractivity contribution in [3.05, 3.63) is 28.8 Å². The molecule has 4 nitrogen and oxygen atoms in total. The number of aliphatic hydroxyl groups is 1. The van der Waals surface area contributed by atoms with Crippen LogP contribution in [-0.4, -0.2) is 29.3 Å². The van der Waals surface area contributed by atoms with E-state index in [1.165, 1.54) is 24.6 Å².